The van der Waals surface area contributed by atoms with E-state index in [1.165, 1.54) is 0 Å². The summed E-state index contributed by atoms with van der Waals surface area (Å²) >= 11 is 0. The minimum Gasteiger partial charge on any atom is -0.493 e. The van der Waals surface area contributed by atoms with Crippen LogP contribution in [0.4, 0.5) is 0 Å². The van der Waals surface area contributed by atoms with Crippen LogP contribution in [0, 0.1) is 6.92 Å². The zero-order chi connectivity index (χ0) is 13.1. The average molecular weight is 249 g/mol. The highest BCUT2D eigenvalue weighted by Gasteiger charge is 2.17. The number of carbonyl (C=O) groups is 1. The summed E-state index contributed by atoms with van der Waals surface area (Å²) in [6, 6.07) is 3.58. The van der Waals surface area contributed by atoms with Gasteiger partial charge in [0.1, 0.15) is 5.69 Å². The first-order valence-corrected chi connectivity index (χ1v) is 5.59. The molecule has 0 atom stereocenters. The number of carbonyl (C=O) groups excluding carboxylic acids is 1. The molecule has 0 saturated heterocycles. The van der Waals surface area contributed by atoms with Crippen LogP contribution in [0.1, 0.15) is 16.2 Å². The van der Waals surface area contributed by atoms with Gasteiger partial charge in [-0.2, -0.15) is 0 Å². The molecule has 0 aliphatic carbocycles. The van der Waals surface area contributed by atoms with Crippen LogP contribution in [0.2, 0.25) is 0 Å². The second-order valence-electron chi connectivity index (χ2n) is 3.80. The van der Waals surface area contributed by atoms with Crippen LogP contribution in [-0.2, 0) is 0 Å². The number of aromatic nitrogens is 2. The first kappa shape index (κ1) is 12.4. The summed E-state index contributed by atoms with van der Waals surface area (Å²) in [5.74, 6) is 0.351. The van der Waals surface area contributed by atoms with E-state index in [4.69, 9.17) is 9.84 Å². The van der Waals surface area contributed by atoms with Gasteiger partial charge in [-0.05, 0) is 19.1 Å². The quantitative estimate of drug-likeness (QED) is 0.821. The molecular weight excluding hydrogens is 234 g/mol. The molecule has 0 aliphatic rings. The van der Waals surface area contributed by atoms with Crippen LogP contribution in [0.25, 0.3) is 5.65 Å². The molecule has 2 N–H and O–H groups in total. The number of fused-ring (bicyclic) bond motifs is 1. The molecule has 1 amide bonds. The van der Waals surface area contributed by atoms with E-state index < -0.39 is 0 Å². The molecule has 2 rings (SSSR count). The van der Waals surface area contributed by atoms with Crippen molar-refractivity contribution in [3.63, 3.8) is 0 Å². The smallest absolute Gasteiger partial charge is 0.270 e. The molecular formula is C12H15N3O3. The number of hydrogen-bond acceptors (Lipinski definition) is 4. The van der Waals surface area contributed by atoms with E-state index in [0.29, 0.717) is 22.8 Å². The lowest BCUT2D eigenvalue weighted by Gasteiger charge is -2.05. The Labute approximate surface area is 104 Å². The summed E-state index contributed by atoms with van der Waals surface area (Å²) in [5, 5.41) is 11.3. The van der Waals surface area contributed by atoms with Crippen molar-refractivity contribution in [1.82, 2.24) is 14.7 Å². The predicted octanol–water partition coefficient (Wildman–Crippen LogP) is 0.373. The molecule has 0 fully saturated rings. The van der Waals surface area contributed by atoms with Crippen molar-refractivity contribution in [2.45, 2.75) is 6.92 Å². The molecule has 0 bridgehead atoms. The van der Waals surface area contributed by atoms with E-state index in [2.05, 4.69) is 10.3 Å². The van der Waals surface area contributed by atoms with Crippen molar-refractivity contribution < 1.29 is 14.6 Å². The van der Waals surface area contributed by atoms with Gasteiger partial charge in [0.25, 0.3) is 5.91 Å². The number of nitrogens with one attached hydrogen (secondary N) is 1. The zero-order valence-corrected chi connectivity index (χ0v) is 10.3. The Morgan fingerprint density at radius 3 is 3.06 bits per heavy atom. The lowest BCUT2D eigenvalue weighted by Crippen LogP contribution is -2.28. The van der Waals surface area contributed by atoms with Crippen molar-refractivity contribution in [1.29, 1.82) is 0 Å². The molecule has 2 heterocycles. The van der Waals surface area contributed by atoms with Gasteiger partial charge in [0.15, 0.2) is 11.4 Å². The van der Waals surface area contributed by atoms with E-state index in [-0.39, 0.29) is 19.1 Å². The first-order valence-electron chi connectivity index (χ1n) is 5.59. The van der Waals surface area contributed by atoms with Crippen LogP contribution < -0.4 is 10.1 Å². The highest BCUT2D eigenvalue weighted by molar-refractivity contribution is 5.94. The van der Waals surface area contributed by atoms with Crippen molar-refractivity contribution in [2.24, 2.45) is 0 Å². The summed E-state index contributed by atoms with van der Waals surface area (Å²) in [6.07, 6.45) is 1.76. The summed E-state index contributed by atoms with van der Waals surface area (Å²) in [6.45, 7) is 1.89. The second kappa shape index (κ2) is 5.05. The van der Waals surface area contributed by atoms with Gasteiger partial charge in [0, 0.05) is 12.7 Å². The molecule has 0 aromatic carbocycles. The van der Waals surface area contributed by atoms with E-state index in [1.807, 2.05) is 0 Å². The number of aliphatic hydroxyl groups excluding tert-OH is 1. The Balaban J connectivity index is 2.51. The third kappa shape index (κ3) is 2.02. The number of aryl methyl sites for hydroxylation is 1. The van der Waals surface area contributed by atoms with Gasteiger partial charge in [-0.3, -0.25) is 9.20 Å². The fourth-order valence-corrected chi connectivity index (χ4v) is 1.84. The minimum absolute atomic E-state index is 0.0924. The third-order valence-corrected chi connectivity index (χ3v) is 2.62. The molecule has 0 aliphatic heterocycles. The molecule has 6 nitrogen and oxygen atoms in total. The van der Waals surface area contributed by atoms with Crippen LogP contribution in [0.15, 0.2) is 18.3 Å². The number of aliphatic hydroxyl groups is 1. The van der Waals surface area contributed by atoms with Gasteiger partial charge in [-0.15, -0.1) is 0 Å². The van der Waals surface area contributed by atoms with E-state index in [9.17, 15) is 4.79 Å². The molecule has 96 valence electrons. The Kier molecular flexibility index (Phi) is 3.47. The molecule has 2 aromatic heterocycles. The number of pyridine rings is 1. The van der Waals surface area contributed by atoms with Crippen LogP contribution in [-0.4, -0.2) is 40.7 Å². The number of methoxy groups -OCH3 is 1. The van der Waals surface area contributed by atoms with Crippen LogP contribution in [0.3, 0.4) is 0 Å². The largest absolute Gasteiger partial charge is 0.493 e. The minimum atomic E-state index is -0.262. The fourth-order valence-electron chi connectivity index (χ4n) is 1.84. The van der Waals surface area contributed by atoms with Gasteiger partial charge in [0.05, 0.1) is 19.4 Å². The first-order chi connectivity index (χ1) is 8.69. The number of amides is 1. The lowest BCUT2D eigenvalue weighted by molar-refractivity contribution is 0.0938. The maximum Gasteiger partial charge on any atom is 0.270 e. The van der Waals surface area contributed by atoms with E-state index in [1.54, 1.807) is 36.8 Å². The van der Waals surface area contributed by atoms with Crippen LogP contribution in [0.5, 0.6) is 5.75 Å². The maximum absolute atomic E-state index is 12.0. The van der Waals surface area contributed by atoms with Gasteiger partial charge >= 0.3 is 0 Å². The lowest BCUT2D eigenvalue weighted by atomic mass is 10.3. The second-order valence-corrected chi connectivity index (χ2v) is 3.80. The standard InChI is InChI=1S/C12H15N3O3/c1-8-10(12(17)13-5-7-16)15-6-3-4-9(18-2)11(15)14-8/h3-4,6,16H,5,7H2,1-2H3,(H,13,17). The zero-order valence-electron chi connectivity index (χ0n) is 10.3. The van der Waals surface area contributed by atoms with E-state index in [0.717, 1.165) is 0 Å². The summed E-state index contributed by atoms with van der Waals surface area (Å²) in [5.41, 5.74) is 1.68. The highest BCUT2D eigenvalue weighted by atomic mass is 16.5. The summed E-state index contributed by atoms with van der Waals surface area (Å²) in [7, 11) is 1.56. The number of rotatable bonds is 4. The summed E-state index contributed by atoms with van der Waals surface area (Å²) in [4.78, 5) is 16.3. The highest BCUT2D eigenvalue weighted by Crippen LogP contribution is 2.21. The summed E-state index contributed by atoms with van der Waals surface area (Å²) < 4.78 is 6.88. The molecule has 2 aromatic rings. The number of nitrogens with zero attached hydrogens (tertiary/aromatic N) is 2. The Morgan fingerprint density at radius 1 is 1.61 bits per heavy atom. The normalized spacial score (nSPS) is 10.6. The maximum atomic E-state index is 12.0. The topological polar surface area (TPSA) is 75.9 Å². The fraction of sp³-hybridized carbons (Fsp3) is 0.333. The van der Waals surface area contributed by atoms with Gasteiger partial charge in [-0.25, -0.2) is 4.98 Å². The van der Waals surface area contributed by atoms with Crippen molar-refractivity contribution in [3.05, 3.63) is 29.7 Å². The molecule has 0 spiro atoms. The number of ether oxygens (including phenoxy) is 1. The predicted molar refractivity (Wildman–Crippen MR) is 65.9 cm³/mol. The SMILES string of the molecule is COc1cccn2c(C(=O)NCCO)c(C)nc12. The third-order valence-electron chi connectivity index (χ3n) is 2.62. The monoisotopic (exact) mass is 249 g/mol. The average Bonchev–Trinajstić information content (AvgIpc) is 2.71. The van der Waals surface area contributed by atoms with Crippen molar-refractivity contribution in [3.8, 4) is 5.75 Å². The molecule has 0 saturated carbocycles. The Bertz CT molecular complexity index is 577. The number of hydrogen-bond donors (Lipinski definition) is 2. The van der Waals surface area contributed by atoms with Crippen molar-refractivity contribution in [2.75, 3.05) is 20.3 Å². The van der Waals surface area contributed by atoms with Crippen LogP contribution >= 0.6 is 0 Å². The Morgan fingerprint density at radius 2 is 2.39 bits per heavy atom. The van der Waals surface area contributed by atoms with Gasteiger partial charge < -0.3 is 15.2 Å². The van der Waals surface area contributed by atoms with Gasteiger partial charge in [0.2, 0.25) is 0 Å². The number of imidazole rings is 1. The molecule has 6 heteroatoms. The van der Waals surface area contributed by atoms with Crippen molar-refractivity contribution >= 4 is 11.6 Å². The van der Waals surface area contributed by atoms with E-state index >= 15 is 0 Å². The molecule has 0 radical (unpaired) electrons. The Hall–Kier alpha value is -2.08. The molecule has 0 unspecified atom stereocenters. The molecule has 18 heavy (non-hydrogen) atoms. The van der Waals surface area contributed by atoms with Gasteiger partial charge in [-0.1, -0.05) is 0 Å².